The fourth-order valence-electron chi connectivity index (χ4n) is 2.00. The van der Waals surface area contributed by atoms with Crippen LogP contribution in [0.15, 0.2) is 0 Å². The number of amides is 2. The first-order valence-electron chi connectivity index (χ1n) is 5.81. The summed E-state index contributed by atoms with van der Waals surface area (Å²) < 4.78 is 0. The average Bonchev–Trinajstić information content (AvgIpc) is 2.26. The lowest BCUT2D eigenvalue weighted by molar-refractivity contribution is -0.150. The Kier molecular flexibility index (Phi) is 4.15. The maximum absolute atomic E-state index is 11.8. The molecule has 2 N–H and O–H groups in total. The van der Waals surface area contributed by atoms with E-state index < -0.39 is 11.5 Å². The molecule has 5 heteroatoms. The number of carbonyl (C=O) groups is 2. The Labute approximate surface area is 95.8 Å². The number of aliphatic carboxylic acids is 1. The van der Waals surface area contributed by atoms with Gasteiger partial charge in [0, 0.05) is 13.1 Å². The van der Waals surface area contributed by atoms with Gasteiger partial charge in [0.2, 0.25) is 0 Å². The van der Waals surface area contributed by atoms with E-state index in [2.05, 4.69) is 5.32 Å². The standard InChI is InChI=1S/C11H20N2O3/c1-3-7-12-10(16)13-8-5-4-6-11(13,2)9(14)15/h3-8H2,1-2H3,(H,12,16)(H,14,15). The number of carbonyl (C=O) groups excluding carboxylic acids is 1. The summed E-state index contributed by atoms with van der Waals surface area (Å²) in [5.74, 6) is -0.918. The highest BCUT2D eigenvalue weighted by molar-refractivity contribution is 5.86. The molecule has 0 radical (unpaired) electrons. The van der Waals surface area contributed by atoms with E-state index in [-0.39, 0.29) is 6.03 Å². The molecular formula is C11H20N2O3. The van der Waals surface area contributed by atoms with Crippen LogP contribution < -0.4 is 5.32 Å². The van der Waals surface area contributed by atoms with Gasteiger partial charge >= 0.3 is 12.0 Å². The zero-order valence-electron chi connectivity index (χ0n) is 9.95. The smallest absolute Gasteiger partial charge is 0.329 e. The van der Waals surface area contributed by atoms with Crippen molar-refractivity contribution in [1.29, 1.82) is 0 Å². The Morgan fingerprint density at radius 3 is 2.69 bits per heavy atom. The number of rotatable bonds is 3. The van der Waals surface area contributed by atoms with Crippen molar-refractivity contribution in [2.75, 3.05) is 13.1 Å². The Bertz CT molecular complexity index is 280. The number of urea groups is 1. The van der Waals surface area contributed by atoms with Crippen LogP contribution in [0.5, 0.6) is 0 Å². The van der Waals surface area contributed by atoms with Crippen LogP contribution >= 0.6 is 0 Å². The number of nitrogens with zero attached hydrogens (tertiary/aromatic N) is 1. The first kappa shape index (κ1) is 12.8. The van der Waals surface area contributed by atoms with Crippen molar-refractivity contribution in [3.8, 4) is 0 Å². The SMILES string of the molecule is CCCNC(=O)N1CCCCC1(C)C(=O)O. The van der Waals surface area contributed by atoms with Gasteiger partial charge in [-0.25, -0.2) is 9.59 Å². The van der Waals surface area contributed by atoms with E-state index in [4.69, 9.17) is 0 Å². The first-order valence-corrected chi connectivity index (χ1v) is 5.81. The van der Waals surface area contributed by atoms with Crippen molar-refractivity contribution >= 4 is 12.0 Å². The zero-order valence-corrected chi connectivity index (χ0v) is 9.95. The molecule has 1 atom stereocenters. The van der Waals surface area contributed by atoms with Gasteiger partial charge in [-0.2, -0.15) is 0 Å². The predicted octanol–water partition coefficient (Wildman–Crippen LogP) is 1.44. The van der Waals surface area contributed by atoms with Gasteiger partial charge in [0.05, 0.1) is 0 Å². The molecule has 0 aromatic rings. The molecule has 2 amide bonds. The zero-order chi connectivity index (χ0) is 12.2. The monoisotopic (exact) mass is 228 g/mol. The molecule has 0 aliphatic carbocycles. The normalized spacial score (nSPS) is 25.2. The lowest BCUT2D eigenvalue weighted by Gasteiger charge is -2.41. The van der Waals surface area contributed by atoms with Crippen LogP contribution in [-0.4, -0.2) is 40.6 Å². The first-order chi connectivity index (χ1) is 7.52. The largest absolute Gasteiger partial charge is 0.480 e. The number of carboxylic acids is 1. The van der Waals surface area contributed by atoms with Crippen molar-refractivity contribution in [2.24, 2.45) is 0 Å². The van der Waals surface area contributed by atoms with E-state index in [1.807, 2.05) is 6.92 Å². The van der Waals surface area contributed by atoms with E-state index in [0.29, 0.717) is 19.5 Å². The molecule has 0 bridgehead atoms. The molecule has 1 unspecified atom stereocenters. The van der Waals surface area contributed by atoms with E-state index in [0.717, 1.165) is 19.3 Å². The number of hydrogen-bond acceptors (Lipinski definition) is 2. The summed E-state index contributed by atoms with van der Waals surface area (Å²) in [6, 6.07) is -0.258. The van der Waals surface area contributed by atoms with E-state index in [9.17, 15) is 14.7 Å². The van der Waals surface area contributed by atoms with Crippen molar-refractivity contribution in [3.05, 3.63) is 0 Å². The number of carboxylic acid groups (broad SMARTS) is 1. The van der Waals surface area contributed by atoms with Crippen LogP contribution in [0.1, 0.15) is 39.5 Å². The average molecular weight is 228 g/mol. The van der Waals surface area contributed by atoms with Crippen LogP contribution in [0, 0.1) is 0 Å². The molecule has 1 aliphatic heterocycles. The molecule has 1 heterocycles. The summed E-state index contributed by atoms with van der Waals surface area (Å²) >= 11 is 0. The number of likely N-dealkylation sites (tertiary alicyclic amines) is 1. The van der Waals surface area contributed by atoms with Crippen LogP contribution in [0.3, 0.4) is 0 Å². The molecule has 1 aliphatic rings. The van der Waals surface area contributed by atoms with E-state index >= 15 is 0 Å². The summed E-state index contributed by atoms with van der Waals surface area (Å²) in [7, 11) is 0. The molecule has 92 valence electrons. The van der Waals surface area contributed by atoms with E-state index in [1.54, 1.807) is 6.92 Å². The lowest BCUT2D eigenvalue weighted by Crippen LogP contribution is -2.60. The van der Waals surface area contributed by atoms with Crippen LogP contribution in [-0.2, 0) is 4.79 Å². The lowest BCUT2D eigenvalue weighted by atomic mass is 9.89. The highest BCUT2D eigenvalue weighted by Crippen LogP contribution is 2.28. The summed E-state index contributed by atoms with van der Waals surface area (Å²) in [4.78, 5) is 24.5. The predicted molar refractivity (Wildman–Crippen MR) is 60.3 cm³/mol. The van der Waals surface area contributed by atoms with Crippen LogP contribution in [0.2, 0.25) is 0 Å². The molecule has 5 nitrogen and oxygen atoms in total. The van der Waals surface area contributed by atoms with Crippen molar-refractivity contribution < 1.29 is 14.7 Å². The third-order valence-electron chi connectivity index (χ3n) is 3.12. The summed E-state index contributed by atoms with van der Waals surface area (Å²) in [5.41, 5.74) is -1.05. The number of nitrogens with one attached hydrogen (secondary N) is 1. The van der Waals surface area contributed by atoms with Crippen molar-refractivity contribution in [1.82, 2.24) is 10.2 Å². The maximum Gasteiger partial charge on any atom is 0.329 e. The molecule has 16 heavy (non-hydrogen) atoms. The van der Waals surface area contributed by atoms with Gasteiger partial charge < -0.3 is 15.3 Å². The summed E-state index contributed by atoms with van der Waals surface area (Å²) in [5, 5.41) is 12.0. The fraction of sp³-hybridized carbons (Fsp3) is 0.818. The molecule has 0 aromatic carbocycles. The molecule has 1 saturated heterocycles. The summed E-state index contributed by atoms with van der Waals surface area (Å²) in [6.45, 7) is 4.70. The quantitative estimate of drug-likeness (QED) is 0.767. The Morgan fingerprint density at radius 2 is 2.12 bits per heavy atom. The van der Waals surface area contributed by atoms with Gasteiger partial charge in [0.15, 0.2) is 0 Å². The molecule has 1 fully saturated rings. The molecular weight excluding hydrogens is 208 g/mol. The third-order valence-corrected chi connectivity index (χ3v) is 3.12. The molecule has 0 saturated carbocycles. The second kappa shape index (κ2) is 5.18. The fourth-order valence-corrected chi connectivity index (χ4v) is 2.00. The van der Waals surface area contributed by atoms with Gasteiger partial charge in [-0.05, 0) is 32.6 Å². The molecule has 0 spiro atoms. The van der Waals surface area contributed by atoms with Crippen molar-refractivity contribution in [3.63, 3.8) is 0 Å². The minimum Gasteiger partial charge on any atom is -0.480 e. The number of hydrogen-bond donors (Lipinski definition) is 2. The van der Waals surface area contributed by atoms with Gasteiger partial charge in [0.25, 0.3) is 0 Å². The van der Waals surface area contributed by atoms with Crippen LogP contribution in [0.4, 0.5) is 4.79 Å². The highest BCUT2D eigenvalue weighted by Gasteiger charge is 2.43. The van der Waals surface area contributed by atoms with Gasteiger partial charge in [-0.15, -0.1) is 0 Å². The minimum absolute atomic E-state index is 0.258. The van der Waals surface area contributed by atoms with E-state index in [1.165, 1.54) is 4.90 Å². The van der Waals surface area contributed by atoms with Gasteiger partial charge in [-0.3, -0.25) is 0 Å². The summed E-state index contributed by atoms with van der Waals surface area (Å²) in [6.07, 6.45) is 3.12. The number of piperidine rings is 1. The third kappa shape index (κ3) is 2.46. The Morgan fingerprint density at radius 1 is 1.44 bits per heavy atom. The Balaban J connectivity index is 2.74. The van der Waals surface area contributed by atoms with Crippen molar-refractivity contribution in [2.45, 2.75) is 45.1 Å². The second-order valence-corrected chi connectivity index (χ2v) is 4.42. The topological polar surface area (TPSA) is 69.6 Å². The van der Waals surface area contributed by atoms with Crippen LogP contribution in [0.25, 0.3) is 0 Å². The van der Waals surface area contributed by atoms with Gasteiger partial charge in [0.1, 0.15) is 5.54 Å². The maximum atomic E-state index is 11.8. The Hall–Kier alpha value is -1.26. The van der Waals surface area contributed by atoms with Gasteiger partial charge in [-0.1, -0.05) is 6.92 Å². The molecule has 1 rings (SSSR count). The second-order valence-electron chi connectivity index (χ2n) is 4.42. The highest BCUT2D eigenvalue weighted by atomic mass is 16.4. The molecule has 0 aromatic heterocycles. The minimum atomic E-state index is -1.05.